The lowest BCUT2D eigenvalue weighted by molar-refractivity contribution is 0.186. The Morgan fingerprint density at radius 3 is 2.44 bits per heavy atom. The van der Waals surface area contributed by atoms with Crippen molar-refractivity contribution in [1.29, 1.82) is 0 Å². The second kappa shape index (κ2) is 7.93. The number of hydrogen-bond donors (Lipinski definition) is 1. The summed E-state index contributed by atoms with van der Waals surface area (Å²) in [5, 5.41) is 2.99. The van der Waals surface area contributed by atoms with Gasteiger partial charge in [-0.05, 0) is 48.2 Å². The molecule has 2 aromatic carbocycles. The van der Waals surface area contributed by atoms with Gasteiger partial charge in [-0.1, -0.05) is 44.2 Å². The summed E-state index contributed by atoms with van der Waals surface area (Å²) in [6.07, 6.45) is 0. The molecule has 0 saturated heterocycles. The highest BCUT2D eigenvalue weighted by Gasteiger charge is 2.28. The van der Waals surface area contributed by atoms with Crippen LogP contribution in [-0.2, 0) is 6.54 Å². The number of urea groups is 1. The largest absolute Gasteiger partial charge is 0.322 e. The van der Waals surface area contributed by atoms with Gasteiger partial charge < -0.3 is 10.2 Å². The maximum Gasteiger partial charge on any atom is 0.322 e. The Bertz CT molecular complexity index is 728. The van der Waals surface area contributed by atoms with Crippen molar-refractivity contribution in [2.24, 2.45) is 0 Å². The molecule has 2 aromatic rings. The van der Waals surface area contributed by atoms with Gasteiger partial charge in [-0.2, -0.15) is 0 Å². The number of hydrogen-bond acceptors (Lipinski definition) is 3. The maximum absolute atomic E-state index is 12.5. The van der Waals surface area contributed by atoms with E-state index in [1.54, 1.807) is 11.9 Å². The van der Waals surface area contributed by atoms with Crippen LogP contribution >= 0.6 is 11.9 Å². The van der Waals surface area contributed by atoms with E-state index in [1.165, 1.54) is 4.90 Å². The zero-order chi connectivity index (χ0) is 17.8. The number of carbonyl (C=O) groups is 1. The molecule has 0 saturated carbocycles. The smallest absolute Gasteiger partial charge is 0.313 e. The number of benzene rings is 2. The molecule has 0 aliphatic carbocycles. The summed E-state index contributed by atoms with van der Waals surface area (Å²) >= 11 is 1.78. The van der Waals surface area contributed by atoms with Gasteiger partial charge in [0.1, 0.15) is 0 Å². The molecule has 4 nitrogen and oxygen atoms in total. The number of para-hydroxylation sites is 1. The summed E-state index contributed by atoms with van der Waals surface area (Å²) in [5.74, 6) is 0. The third-order valence-electron chi connectivity index (χ3n) is 4.60. The van der Waals surface area contributed by atoms with E-state index >= 15 is 0 Å². The molecule has 3 rings (SSSR count). The Morgan fingerprint density at radius 1 is 1.08 bits per heavy atom. The molecule has 1 unspecified atom stereocenters. The van der Waals surface area contributed by atoms with Crippen LogP contribution < -0.4 is 5.32 Å². The quantitative estimate of drug-likeness (QED) is 0.728. The number of amides is 2. The minimum absolute atomic E-state index is 0.0345. The van der Waals surface area contributed by atoms with Crippen molar-refractivity contribution >= 4 is 23.7 Å². The standard InChI is InChI=1S/C20H25N3OS/c1-4-22(5-2)25-17-12-10-16(11-13-17)14-23-15(3)18-8-6-7-9-19(18)21-20(23)24/h6-13,15H,4-5,14H2,1-3H3,(H,21,24). The SMILES string of the molecule is CCN(CC)Sc1ccc(CN2C(=O)Nc3ccccc3C2C)cc1. The van der Waals surface area contributed by atoms with Crippen LogP contribution in [0.25, 0.3) is 0 Å². The summed E-state index contributed by atoms with van der Waals surface area (Å²) < 4.78 is 2.31. The van der Waals surface area contributed by atoms with Gasteiger partial charge in [0.05, 0.1) is 6.04 Å². The van der Waals surface area contributed by atoms with Crippen molar-refractivity contribution < 1.29 is 4.79 Å². The molecular formula is C20H25N3OS. The summed E-state index contributed by atoms with van der Waals surface area (Å²) in [5.41, 5.74) is 3.23. The number of anilines is 1. The highest BCUT2D eigenvalue weighted by Crippen LogP contribution is 2.33. The normalized spacial score (nSPS) is 16.7. The van der Waals surface area contributed by atoms with Crippen LogP contribution in [0.3, 0.4) is 0 Å². The van der Waals surface area contributed by atoms with E-state index in [0.717, 1.165) is 29.9 Å². The van der Waals surface area contributed by atoms with Gasteiger partial charge in [0.25, 0.3) is 0 Å². The lowest BCUT2D eigenvalue weighted by Crippen LogP contribution is -2.40. The maximum atomic E-state index is 12.5. The molecule has 0 bridgehead atoms. The topological polar surface area (TPSA) is 35.6 Å². The van der Waals surface area contributed by atoms with E-state index in [4.69, 9.17) is 0 Å². The van der Waals surface area contributed by atoms with Crippen LogP contribution in [0.5, 0.6) is 0 Å². The fraction of sp³-hybridized carbons (Fsp3) is 0.350. The average molecular weight is 356 g/mol. The van der Waals surface area contributed by atoms with Gasteiger partial charge in [0.2, 0.25) is 0 Å². The van der Waals surface area contributed by atoms with Crippen LogP contribution in [-0.4, -0.2) is 28.3 Å². The van der Waals surface area contributed by atoms with Crippen molar-refractivity contribution in [2.75, 3.05) is 18.4 Å². The molecule has 5 heteroatoms. The molecule has 0 spiro atoms. The highest BCUT2D eigenvalue weighted by atomic mass is 32.2. The number of nitrogens with one attached hydrogen (secondary N) is 1. The molecule has 1 atom stereocenters. The van der Waals surface area contributed by atoms with E-state index in [-0.39, 0.29) is 12.1 Å². The first kappa shape index (κ1) is 17.8. The van der Waals surface area contributed by atoms with Gasteiger partial charge >= 0.3 is 6.03 Å². The molecule has 0 radical (unpaired) electrons. The van der Waals surface area contributed by atoms with Crippen molar-refractivity contribution in [3.05, 3.63) is 59.7 Å². The van der Waals surface area contributed by atoms with Crippen LogP contribution in [0.1, 0.15) is 37.9 Å². The van der Waals surface area contributed by atoms with Gasteiger partial charge in [0, 0.05) is 30.2 Å². The number of rotatable bonds is 6. The molecule has 132 valence electrons. The molecule has 0 fully saturated rings. The summed E-state index contributed by atoms with van der Waals surface area (Å²) in [6, 6.07) is 16.5. The van der Waals surface area contributed by atoms with Crippen molar-refractivity contribution in [2.45, 2.75) is 38.3 Å². The summed E-state index contributed by atoms with van der Waals surface area (Å²) in [4.78, 5) is 15.6. The Hall–Kier alpha value is -1.98. The first-order valence-electron chi connectivity index (χ1n) is 8.80. The molecule has 25 heavy (non-hydrogen) atoms. The predicted molar refractivity (Wildman–Crippen MR) is 105 cm³/mol. The molecular weight excluding hydrogens is 330 g/mol. The summed E-state index contributed by atoms with van der Waals surface area (Å²) in [7, 11) is 0. The van der Waals surface area contributed by atoms with Gasteiger partial charge in [-0.25, -0.2) is 9.10 Å². The minimum Gasteiger partial charge on any atom is -0.313 e. The predicted octanol–water partition coefficient (Wildman–Crippen LogP) is 5.14. The average Bonchev–Trinajstić information content (AvgIpc) is 2.64. The Kier molecular flexibility index (Phi) is 5.66. The molecule has 1 heterocycles. The van der Waals surface area contributed by atoms with Crippen LogP contribution in [0, 0.1) is 0 Å². The van der Waals surface area contributed by atoms with Crippen molar-refractivity contribution in [3.63, 3.8) is 0 Å². The first-order chi connectivity index (χ1) is 12.1. The van der Waals surface area contributed by atoms with Gasteiger partial charge in [0.15, 0.2) is 0 Å². The van der Waals surface area contributed by atoms with E-state index in [1.807, 2.05) is 23.1 Å². The fourth-order valence-electron chi connectivity index (χ4n) is 3.07. The highest BCUT2D eigenvalue weighted by molar-refractivity contribution is 7.97. The number of carbonyl (C=O) groups excluding carboxylic acids is 1. The van der Waals surface area contributed by atoms with Crippen LogP contribution in [0.4, 0.5) is 10.5 Å². The Labute approximate surface area is 154 Å². The summed E-state index contributed by atoms with van der Waals surface area (Å²) in [6.45, 7) is 9.07. The van der Waals surface area contributed by atoms with E-state index in [2.05, 4.69) is 60.7 Å². The van der Waals surface area contributed by atoms with Crippen LogP contribution in [0.15, 0.2) is 53.4 Å². The van der Waals surface area contributed by atoms with E-state index < -0.39 is 0 Å². The molecule has 1 aliphatic rings. The number of nitrogens with zero attached hydrogens (tertiary/aromatic N) is 2. The molecule has 1 aliphatic heterocycles. The minimum atomic E-state index is -0.0345. The third-order valence-corrected chi connectivity index (χ3v) is 5.85. The van der Waals surface area contributed by atoms with Gasteiger partial charge in [-0.3, -0.25) is 0 Å². The van der Waals surface area contributed by atoms with Crippen molar-refractivity contribution in [3.8, 4) is 0 Å². The Balaban J connectivity index is 1.71. The van der Waals surface area contributed by atoms with Crippen molar-refractivity contribution in [1.82, 2.24) is 9.21 Å². The third kappa shape index (κ3) is 3.99. The lowest BCUT2D eigenvalue weighted by atomic mass is 10.0. The van der Waals surface area contributed by atoms with E-state index in [9.17, 15) is 4.79 Å². The second-order valence-electron chi connectivity index (χ2n) is 6.17. The number of fused-ring (bicyclic) bond motifs is 1. The Morgan fingerprint density at radius 2 is 1.76 bits per heavy atom. The molecule has 1 N–H and O–H groups in total. The zero-order valence-corrected chi connectivity index (χ0v) is 15.8. The molecule has 0 aromatic heterocycles. The van der Waals surface area contributed by atoms with E-state index in [0.29, 0.717) is 6.54 Å². The monoisotopic (exact) mass is 355 g/mol. The second-order valence-corrected chi connectivity index (χ2v) is 7.34. The van der Waals surface area contributed by atoms with Crippen LogP contribution in [0.2, 0.25) is 0 Å². The lowest BCUT2D eigenvalue weighted by Gasteiger charge is -2.35. The van der Waals surface area contributed by atoms with Gasteiger partial charge in [-0.15, -0.1) is 0 Å². The zero-order valence-electron chi connectivity index (χ0n) is 15.0. The molecule has 2 amide bonds. The fourth-order valence-corrected chi connectivity index (χ4v) is 3.88. The first-order valence-corrected chi connectivity index (χ1v) is 9.58.